The minimum Gasteiger partial charge on any atom is -0.481 e. The highest BCUT2D eigenvalue weighted by Crippen LogP contribution is 2.42. The molecule has 44 heteroatoms. The van der Waals surface area contributed by atoms with Crippen molar-refractivity contribution in [3.05, 3.63) is 0 Å². The van der Waals surface area contributed by atoms with Gasteiger partial charge in [0, 0.05) is 68.5 Å². The largest absolute Gasteiger partial charge is 0.481 e. The molecule has 7 rings (SSSR count). The van der Waals surface area contributed by atoms with E-state index >= 15 is 0 Å². The molecule has 0 aromatic rings. The molecule has 7 fully saturated rings. The Kier molecular flexibility index (Phi) is 57.6. The number of primary amides is 1. The van der Waals surface area contributed by atoms with Crippen molar-refractivity contribution in [2.75, 3.05) is 84.4 Å². The maximum atomic E-state index is 14.3. The quantitative estimate of drug-likeness (QED) is 0.0301. The highest BCUT2D eigenvalue weighted by Gasteiger charge is 2.58. The summed E-state index contributed by atoms with van der Waals surface area (Å²) in [6.07, 6.45) is 12.9. The molecule has 7 aliphatic heterocycles. The molecular weight excluding hydrogens is 1490 g/mol. The normalized spacial score (nSPS) is 28.7. The molecule has 0 bridgehead atoms. The number of β-amino-alcohol motifs (C(OH)–C–C–N with tert-alkyl or cyclic N) is 2. The highest BCUT2D eigenvalue weighted by molar-refractivity contribution is 8.00. The van der Waals surface area contributed by atoms with Gasteiger partial charge >= 0.3 is 55.2 Å². The Morgan fingerprint density at radius 1 is 0.580 bits per heavy atom. The summed E-state index contributed by atoms with van der Waals surface area (Å²) in [5.74, 6) is -5.65. The number of halogens is 1. The van der Waals surface area contributed by atoms with E-state index in [9.17, 15) is 68.5 Å². The van der Waals surface area contributed by atoms with E-state index in [-0.39, 0.29) is 119 Å². The third kappa shape index (κ3) is 38.5. The number of alkyl halides is 1. The molecule has 15 atom stereocenters. The fourth-order valence-corrected chi connectivity index (χ4v) is 15.9. The molecule has 7 saturated heterocycles. The van der Waals surface area contributed by atoms with E-state index in [0.717, 1.165) is 103 Å². The lowest BCUT2D eigenvalue weighted by Crippen LogP contribution is -2.62. The van der Waals surface area contributed by atoms with Crippen LogP contribution in [0.3, 0.4) is 0 Å². The first kappa shape index (κ1) is 111. The number of nitrogens with zero attached hydrogens (tertiary/aromatic N) is 1. The molecule has 0 aromatic heterocycles. The lowest BCUT2D eigenvalue weighted by atomic mass is 9.64. The molecule has 0 aliphatic carbocycles. The van der Waals surface area contributed by atoms with Gasteiger partial charge < -0.3 is 125 Å². The lowest BCUT2D eigenvalue weighted by Gasteiger charge is -2.38. The number of hydrogen-bond acceptors (Lipinski definition) is 31. The van der Waals surface area contributed by atoms with Crippen molar-refractivity contribution in [1.82, 2.24) is 37.2 Å². The molecular formula is C68H130B5FN10O27S. The summed E-state index contributed by atoms with van der Waals surface area (Å²) in [7, 11) is -1.42. The van der Waals surface area contributed by atoms with Crippen LogP contribution in [0.1, 0.15) is 137 Å². The zero-order chi connectivity index (χ0) is 85.4. The van der Waals surface area contributed by atoms with Gasteiger partial charge in [-0.15, -0.1) is 0 Å². The summed E-state index contributed by atoms with van der Waals surface area (Å²) in [5, 5.41) is 176. The number of carbonyl (C=O) groups is 7. The number of aliphatic hydroxyl groups is 4. The molecule has 0 spiro atoms. The molecule has 27 N–H and O–H groups in total. The minimum absolute atomic E-state index is 0. The van der Waals surface area contributed by atoms with E-state index in [2.05, 4.69) is 57.1 Å². The summed E-state index contributed by atoms with van der Waals surface area (Å²) in [5.41, 5.74) is 5.20. The fraction of sp³-hybridized carbons (Fsp3) is 0.853. The fourth-order valence-electron chi connectivity index (χ4n) is 14.5. The Morgan fingerprint density at radius 3 is 1.54 bits per heavy atom. The van der Waals surface area contributed by atoms with Gasteiger partial charge in [-0.25, -0.2) is 4.39 Å². The van der Waals surface area contributed by atoms with Crippen LogP contribution in [-0.4, -0.2) is 307 Å². The van der Waals surface area contributed by atoms with Gasteiger partial charge in [0.1, 0.15) is 35.8 Å². The van der Waals surface area contributed by atoms with Gasteiger partial charge in [0.25, 0.3) is 27.7 Å². The number of aliphatic hydroxyl groups excluding tert-OH is 4. The maximum Gasteiger partial charge on any atom is 0.451 e. The first-order valence-corrected chi connectivity index (χ1v) is 39.0. The third-order valence-electron chi connectivity index (χ3n) is 21.2. The predicted octanol–water partition coefficient (Wildman–Crippen LogP) is -2.03. The zero-order valence-electron chi connectivity index (χ0n) is 65.1. The smallest absolute Gasteiger partial charge is 0.451 e. The van der Waals surface area contributed by atoms with Gasteiger partial charge in [-0.3, -0.25) is 38.9 Å². The van der Waals surface area contributed by atoms with Crippen molar-refractivity contribution in [2.45, 2.75) is 249 Å². The molecule has 15 unspecified atom stereocenters. The number of unbranched alkanes of at least 4 members (excludes halogenated alkanes) is 2. The molecule has 112 heavy (non-hydrogen) atoms. The summed E-state index contributed by atoms with van der Waals surface area (Å²) in [6, 6.07) is -0.949. The van der Waals surface area contributed by atoms with Gasteiger partial charge in [-0.05, 0) is 127 Å². The van der Waals surface area contributed by atoms with Gasteiger partial charge in [-0.1, -0.05) is 99.9 Å². The number of rotatable bonds is 36. The van der Waals surface area contributed by atoms with Gasteiger partial charge in [0.05, 0.1) is 36.0 Å². The Bertz CT molecular complexity index is 2810. The Labute approximate surface area is 662 Å². The number of amides is 1. The third-order valence-corrected chi connectivity index (χ3v) is 22.6. The maximum absolute atomic E-state index is 14.3. The van der Waals surface area contributed by atoms with E-state index in [1.807, 2.05) is 0 Å². The summed E-state index contributed by atoms with van der Waals surface area (Å²) in [4.78, 5) is 110. The van der Waals surface area contributed by atoms with Gasteiger partial charge in [0.15, 0.2) is 5.67 Å². The highest BCUT2D eigenvalue weighted by atomic mass is 32.2. The average Bonchev–Trinajstić information content (AvgIpc) is 1.51. The van der Waals surface area contributed by atoms with Crippen molar-refractivity contribution >= 4 is 101 Å². The van der Waals surface area contributed by atoms with Gasteiger partial charge in [-0.2, -0.15) is 36.2 Å². The van der Waals surface area contributed by atoms with Crippen molar-refractivity contribution in [3.8, 4) is 6.07 Å². The van der Waals surface area contributed by atoms with E-state index < -0.39 is 122 Å². The summed E-state index contributed by atoms with van der Waals surface area (Å²) >= 11 is 1.65. The van der Waals surface area contributed by atoms with Crippen molar-refractivity contribution in [3.63, 3.8) is 0 Å². The Hall–Kier alpha value is -5.58. The zero-order valence-corrected chi connectivity index (χ0v) is 65.9. The SMILES string of the molecule is C.CB(O)CCCC1(CC(=O)O)C(O)CNC1C(=O)O.CB(O)CCCC1(F)C(O)CNC1C(=O)O.CB(O)CCCC1C(CO)CNC1C(=O)O.CB(O)CCSC1CCNC1C(=O)O.CCCCC1(C#N)CCNC1.CCCCC1(C(N)=O)CCNC1.NC1(C(=O)O)CNCC1(CO)CCCB(O)O.O=C=O.O=C=O. The van der Waals surface area contributed by atoms with E-state index in [1.165, 1.54) is 12.8 Å². The van der Waals surface area contributed by atoms with E-state index in [4.69, 9.17) is 86.6 Å². The van der Waals surface area contributed by atoms with Crippen molar-refractivity contribution in [2.24, 2.45) is 45.0 Å². The standard InChI is InChI=1S/C11H20BNO6.C10H20BNO4.C9H17BFNO4.C9H19BN2O5.C9H18N2O.C9H16N2.C8H16BNO3S.2CO2.CH4/c1-12(19)4-2-3-11(5-8(15)16)7(14)6-13-9(11)10(17)18;1-11(16)4-2-3-8-7(6-13)5-12-9(8)10(14)15;1-10(16)4-2-3-9(11)6(13)5-12-7(9)8(14)15;11-9(7(14)15)5-12-4-8(9,6-13)2-1-3-10(16)17;1-2-3-4-9(8(10)12)5-6-11-7-9;1-2-3-4-9(7-10)5-6-11-8-9;1-9(13)3-5-14-6-2-4-10-7(6)8(11)12;2*2-1-3;/h7,9,13-14,19H,2-6H2,1H3,(H,15,16)(H,17,18);7-9,12-13,16H,2-6H2,1H3,(H,14,15);6-7,12-13,16H,2-5H2,1H3,(H,14,15);12-13,16-17H,1-6,11H2,(H,14,15);11H,2-7H2,1H3,(H2,10,12);11H,2-6,8H2,1H3;6-7,10,13H,2-5H2,1H3,(H,11,12);;;1H4. The van der Waals surface area contributed by atoms with Crippen LogP contribution < -0.4 is 48.7 Å². The second kappa shape index (κ2) is 58.3. The molecule has 0 radical (unpaired) electrons. The number of carbonyl (C=O) groups excluding carboxylic acids is 5. The number of carboxylic acids is 6. The number of carboxylic acid groups (broad SMARTS) is 6. The number of hydrogen-bond donors (Lipinski definition) is 25. The topological polar surface area (TPSA) is 671 Å². The number of nitrogens with one attached hydrogen (secondary N) is 7. The molecule has 0 saturated carbocycles. The molecule has 642 valence electrons. The van der Waals surface area contributed by atoms with Gasteiger partial charge in [0.2, 0.25) is 5.91 Å². The van der Waals surface area contributed by atoms with Crippen molar-refractivity contribution in [1.29, 1.82) is 5.26 Å². The van der Waals surface area contributed by atoms with Crippen molar-refractivity contribution < 1.29 is 138 Å². The van der Waals surface area contributed by atoms with Crippen LogP contribution in [0.2, 0.25) is 58.9 Å². The monoisotopic (exact) mass is 1620 g/mol. The van der Waals surface area contributed by atoms with Crippen LogP contribution in [0.15, 0.2) is 0 Å². The minimum atomic E-state index is -2.14. The second-order valence-corrected chi connectivity index (χ2v) is 31.1. The first-order valence-electron chi connectivity index (χ1n) is 38.0. The number of aliphatic carboxylic acids is 6. The predicted molar refractivity (Wildman–Crippen MR) is 417 cm³/mol. The van der Waals surface area contributed by atoms with Crippen LogP contribution in [0.5, 0.6) is 0 Å². The Morgan fingerprint density at radius 2 is 1.09 bits per heavy atom. The molecule has 1 amide bonds. The summed E-state index contributed by atoms with van der Waals surface area (Å²) < 4.78 is 14.3. The number of nitrogens with two attached hydrogens (primary N) is 2. The van der Waals surface area contributed by atoms with Crippen LogP contribution in [0.4, 0.5) is 4.39 Å². The lowest BCUT2D eigenvalue weighted by molar-refractivity contribution is -0.193. The van der Waals surface area contributed by atoms with E-state index in [0.29, 0.717) is 57.7 Å². The van der Waals surface area contributed by atoms with Crippen LogP contribution in [0, 0.1) is 44.8 Å². The molecule has 7 heterocycles. The average molecular weight is 1620 g/mol. The molecule has 0 aromatic carbocycles. The summed E-state index contributed by atoms with van der Waals surface area (Å²) in [6.45, 7) is 14.4. The first-order chi connectivity index (χ1) is 52.1. The number of thioether (sulfide) groups is 1. The van der Waals surface area contributed by atoms with E-state index in [1.54, 1.807) is 39.1 Å². The molecule has 37 nitrogen and oxygen atoms in total. The Balaban J connectivity index is -0.00000123. The van der Waals surface area contributed by atoms with Crippen LogP contribution in [-0.2, 0) is 52.7 Å². The van der Waals surface area contributed by atoms with Crippen LogP contribution >= 0.6 is 11.8 Å². The molecule has 7 aliphatic rings. The number of nitriles is 1. The second-order valence-electron chi connectivity index (χ2n) is 29.8. The van der Waals surface area contributed by atoms with Crippen LogP contribution in [0.25, 0.3) is 0 Å².